The van der Waals surface area contributed by atoms with E-state index in [1.54, 1.807) is 24.3 Å². The van der Waals surface area contributed by atoms with Crippen molar-refractivity contribution in [2.45, 2.75) is 45.6 Å². The molecule has 0 bridgehead atoms. The van der Waals surface area contributed by atoms with Crippen molar-refractivity contribution in [1.82, 2.24) is 0 Å². The first-order chi connectivity index (χ1) is 18.2. The topological polar surface area (TPSA) is 67.4 Å². The Bertz CT molecular complexity index is 1370. The quantitative estimate of drug-likeness (QED) is 0.257. The Kier molecular flexibility index (Phi) is 8.27. The molecule has 4 aromatic rings. The molecule has 0 aliphatic rings. The largest absolute Gasteiger partial charge is 0.481 e. The number of ether oxygens (including phenoxy) is 1. The molecule has 0 aliphatic carbocycles. The second-order valence-corrected chi connectivity index (χ2v) is 10.3. The average Bonchev–Trinajstić information content (AvgIpc) is 2.92. The normalized spacial score (nSPS) is 11.9. The molecule has 5 nitrogen and oxygen atoms in total. The monoisotopic (exact) mass is 506 g/mol. The minimum absolute atomic E-state index is 0.0211. The van der Waals surface area contributed by atoms with Crippen LogP contribution in [0.5, 0.6) is 5.75 Å². The van der Waals surface area contributed by atoms with E-state index in [1.807, 2.05) is 73.7 Å². The van der Waals surface area contributed by atoms with Gasteiger partial charge in [0.1, 0.15) is 5.75 Å². The maximum atomic E-state index is 13.0. The summed E-state index contributed by atoms with van der Waals surface area (Å²) in [6.45, 7) is 8.32. The lowest BCUT2D eigenvalue weighted by Crippen LogP contribution is -2.32. The van der Waals surface area contributed by atoms with Gasteiger partial charge < -0.3 is 15.4 Å². The predicted molar refractivity (Wildman–Crippen MR) is 155 cm³/mol. The van der Waals surface area contributed by atoms with E-state index < -0.39 is 6.10 Å². The molecular formula is C33H34N2O3. The smallest absolute Gasteiger partial charge is 0.265 e. The number of rotatable bonds is 8. The van der Waals surface area contributed by atoms with Gasteiger partial charge in [0, 0.05) is 16.9 Å². The van der Waals surface area contributed by atoms with Crippen LogP contribution in [0.15, 0.2) is 103 Å². The zero-order valence-electron chi connectivity index (χ0n) is 22.3. The highest BCUT2D eigenvalue weighted by molar-refractivity contribution is 6.04. The predicted octanol–water partition coefficient (Wildman–Crippen LogP) is 7.70. The molecule has 5 heteroatoms. The first-order valence-electron chi connectivity index (χ1n) is 12.9. The molecule has 194 valence electrons. The lowest BCUT2D eigenvalue weighted by Gasteiger charge is -2.19. The zero-order valence-corrected chi connectivity index (χ0v) is 22.3. The van der Waals surface area contributed by atoms with Crippen molar-refractivity contribution < 1.29 is 14.3 Å². The van der Waals surface area contributed by atoms with Crippen molar-refractivity contribution in [3.05, 3.63) is 114 Å². The second-order valence-electron chi connectivity index (χ2n) is 10.3. The fourth-order valence-corrected chi connectivity index (χ4v) is 4.07. The van der Waals surface area contributed by atoms with Crippen LogP contribution in [0.2, 0.25) is 0 Å². The number of anilines is 2. The third-order valence-corrected chi connectivity index (χ3v) is 6.30. The van der Waals surface area contributed by atoms with Gasteiger partial charge in [-0.15, -0.1) is 0 Å². The van der Waals surface area contributed by atoms with E-state index >= 15 is 0 Å². The molecule has 1 atom stereocenters. The minimum atomic E-state index is -0.655. The lowest BCUT2D eigenvalue weighted by atomic mass is 9.87. The van der Waals surface area contributed by atoms with Crippen LogP contribution >= 0.6 is 0 Å². The van der Waals surface area contributed by atoms with Crippen molar-refractivity contribution in [3.8, 4) is 16.9 Å². The van der Waals surface area contributed by atoms with Crippen LogP contribution in [0.1, 0.15) is 50.0 Å². The van der Waals surface area contributed by atoms with Gasteiger partial charge in [-0.3, -0.25) is 9.59 Å². The van der Waals surface area contributed by atoms with Crippen molar-refractivity contribution in [2.24, 2.45) is 0 Å². The van der Waals surface area contributed by atoms with E-state index in [4.69, 9.17) is 4.74 Å². The number of carbonyl (C=O) groups is 2. The Morgan fingerprint density at radius 3 is 1.95 bits per heavy atom. The highest BCUT2D eigenvalue weighted by atomic mass is 16.5. The molecule has 1 unspecified atom stereocenters. The van der Waals surface area contributed by atoms with Crippen molar-refractivity contribution in [3.63, 3.8) is 0 Å². The summed E-state index contributed by atoms with van der Waals surface area (Å²) in [4.78, 5) is 25.7. The molecule has 0 radical (unpaired) electrons. The summed E-state index contributed by atoms with van der Waals surface area (Å²) >= 11 is 0. The van der Waals surface area contributed by atoms with E-state index in [0.29, 0.717) is 29.1 Å². The van der Waals surface area contributed by atoms with E-state index in [2.05, 4.69) is 43.5 Å². The lowest BCUT2D eigenvalue weighted by molar-refractivity contribution is -0.122. The van der Waals surface area contributed by atoms with Gasteiger partial charge in [-0.2, -0.15) is 0 Å². The van der Waals surface area contributed by atoms with E-state index in [0.717, 1.165) is 11.1 Å². The van der Waals surface area contributed by atoms with Gasteiger partial charge in [-0.1, -0.05) is 88.4 Å². The molecule has 0 heterocycles. The number of carbonyl (C=O) groups excluding carboxylic acids is 2. The Morgan fingerprint density at radius 1 is 0.737 bits per heavy atom. The van der Waals surface area contributed by atoms with Gasteiger partial charge in [0.05, 0.1) is 0 Å². The summed E-state index contributed by atoms with van der Waals surface area (Å²) in [5.74, 6) is 0.175. The third kappa shape index (κ3) is 6.88. The summed E-state index contributed by atoms with van der Waals surface area (Å²) in [5, 5.41) is 5.82. The summed E-state index contributed by atoms with van der Waals surface area (Å²) in [5.41, 5.74) is 5.14. The standard InChI is InChI=1S/C33H34N2O3/c1-5-30(38-29-20-16-24(17-21-29)23-10-7-6-8-11-23)32(37)35-28-13-9-12-27(22-28)34-31(36)25-14-18-26(19-15-25)33(2,3)4/h6-22,30H,5H2,1-4H3,(H,34,36)(H,35,37). The Hall–Kier alpha value is -4.38. The van der Waals surface area contributed by atoms with Crippen molar-refractivity contribution in [1.29, 1.82) is 0 Å². The molecule has 4 rings (SSSR count). The van der Waals surface area contributed by atoms with E-state index in [1.165, 1.54) is 5.56 Å². The molecule has 4 aromatic carbocycles. The summed E-state index contributed by atoms with van der Waals surface area (Å²) in [7, 11) is 0. The van der Waals surface area contributed by atoms with Gasteiger partial charge in [-0.25, -0.2) is 0 Å². The minimum Gasteiger partial charge on any atom is -0.481 e. The van der Waals surface area contributed by atoms with Crippen LogP contribution in [0.25, 0.3) is 11.1 Å². The van der Waals surface area contributed by atoms with E-state index in [9.17, 15) is 9.59 Å². The molecule has 0 aromatic heterocycles. The maximum absolute atomic E-state index is 13.0. The van der Waals surface area contributed by atoms with Crippen LogP contribution in [-0.4, -0.2) is 17.9 Å². The fourth-order valence-electron chi connectivity index (χ4n) is 4.07. The van der Waals surface area contributed by atoms with Gasteiger partial charge in [0.15, 0.2) is 6.10 Å². The first kappa shape index (κ1) is 26.7. The summed E-state index contributed by atoms with van der Waals surface area (Å²) in [6.07, 6.45) is -0.148. The van der Waals surface area contributed by atoms with Crippen LogP contribution in [0.4, 0.5) is 11.4 Å². The Labute approximate surface area is 224 Å². The number of benzene rings is 4. The van der Waals surface area contributed by atoms with Gasteiger partial charge in [-0.05, 0) is 71.0 Å². The third-order valence-electron chi connectivity index (χ3n) is 6.30. The first-order valence-corrected chi connectivity index (χ1v) is 12.9. The molecule has 0 aliphatic heterocycles. The zero-order chi connectivity index (χ0) is 27.1. The second kappa shape index (κ2) is 11.8. The van der Waals surface area contributed by atoms with Gasteiger partial charge in [0.25, 0.3) is 11.8 Å². The SMILES string of the molecule is CCC(Oc1ccc(-c2ccccc2)cc1)C(=O)Nc1cccc(NC(=O)c2ccc(C(C)(C)C)cc2)c1. The van der Waals surface area contributed by atoms with Crippen LogP contribution in [0, 0.1) is 0 Å². The highest BCUT2D eigenvalue weighted by Gasteiger charge is 2.19. The van der Waals surface area contributed by atoms with Crippen LogP contribution in [0.3, 0.4) is 0 Å². The molecule has 38 heavy (non-hydrogen) atoms. The maximum Gasteiger partial charge on any atom is 0.265 e. The highest BCUT2D eigenvalue weighted by Crippen LogP contribution is 2.25. The van der Waals surface area contributed by atoms with Gasteiger partial charge in [0.2, 0.25) is 0 Å². The molecule has 0 saturated heterocycles. The van der Waals surface area contributed by atoms with Crippen LogP contribution in [-0.2, 0) is 10.2 Å². The molecule has 0 spiro atoms. The average molecular weight is 507 g/mol. The molecule has 2 amide bonds. The number of hydrogen-bond donors (Lipinski definition) is 2. The van der Waals surface area contributed by atoms with Gasteiger partial charge >= 0.3 is 0 Å². The molecule has 0 saturated carbocycles. The number of hydrogen-bond acceptors (Lipinski definition) is 3. The fraction of sp³-hybridized carbons (Fsp3) is 0.212. The Balaban J connectivity index is 1.37. The summed E-state index contributed by atoms with van der Waals surface area (Å²) < 4.78 is 5.99. The molecule has 0 fully saturated rings. The van der Waals surface area contributed by atoms with Crippen molar-refractivity contribution >= 4 is 23.2 Å². The Morgan fingerprint density at radius 2 is 1.34 bits per heavy atom. The summed E-state index contributed by atoms with van der Waals surface area (Å²) in [6, 6.07) is 32.5. The van der Waals surface area contributed by atoms with Crippen molar-refractivity contribution in [2.75, 3.05) is 10.6 Å². The number of nitrogens with one attached hydrogen (secondary N) is 2. The molecule has 2 N–H and O–H groups in total. The molecular weight excluding hydrogens is 472 g/mol. The van der Waals surface area contributed by atoms with E-state index in [-0.39, 0.29) is 17.2 Å². The van der Waals surface area contributed by atoms with Crippen LogP contribution < -0.4 is 15.4 Å². The number of amides is 2.